The first-order valence-corrected chi connectivity index (χ1v) is 8.66. The van der Waals surface area contributed by atoms with E-state index in [0.29, 0.717) is 36.3 Å². The molecule has 0 atom stereocenters. The average molecular weight is 386 g/mol. The van der Waals surface area contributed by atoms with Gasteiger partial charge in [0, 0.05) is 30.0 Å². The SMILES string of the molecule is NCC1CCN(c2nc(Nc3cccc(Cl)c3)ncc2C(F)(F)F)CC1. The monoisotopic (exact) mass is 385 g/mol. The lowest BCUT2D eigenvalue weighted by Crippen LogP contribution is -2.37. The minimum Gasteiger partial charge on any atom is -0.356 e. The maximum absolute atomic E-state index is 13.4. The Morgan fingerprint density at radius 1 is 1.27 bits per heavy atom. The summed E-state index contributed by atoms with van der Waals surface area (Å²) in [5.74, 6) is 0.329. The summed E-state index contributed by atoms with van der Waals surface area (Å²) in [5, 5.41) is 3.41. The van der Waals surface area contributed by atoms with Crippen molar-refractivity contribution in [3.63, 3.8) is 0 Å². The highest BCUT2D eigenvalue weighted by Gasteiger charge is 2.37. The van der Waals surface area contributed by atoms with Crippen molar-refractivity contribution in [2.24, 2.45) is 11.7 Å². The van der Waals surface area contributed by atoms with E-state index in [1.54, 1.807) is 29.2 Å². The molecule has 1 aromatic carbocycles. The van der Waals surface area contributed by atoms with E-state index in [4.69, 9.17) is 17.3 Å². The van der Waals surface area contributed by atoms with Crippen LogP contribution in [-0.2, 0) is 6.18 Å². The summed E-state index contributed by atoms with van der Waals surface area (Å²) in [7, 11) is 0. The number of aromatic nitrogens is 2. The van der Waals surface area contributed by atoms with Gasteiger partial charge in [0.1, 0.15) is 11.4 Å². The molecule has 3 N–H and O–H groups in total. The van der Waals surface area contributed by atoms with Gasteiger partial charge in [-0.05, 0) is 43.5 Å². The van der Waals surface area contributed by atoms with Gasteiger partial charge in [-0.15, -0.1) is 0 Å². The van der Waals surface area contributed by atoms with Crippen LogP contribution in [0.5, 0.6) is 0 Å². The Morgan fingerprint density at radius 2 is 2.00 bits per heavy atom. The highest BCUT2D eigenvalue weighted by atomic mass is 35.5. The number of rotatable bonds is 4. The highest BCUT2D eigenvalue weighted by Crippen LogP contribution is 2.37. The summed E-state index contributed by atoms with van der Waals surface area (Å²) >= 11 is 5.93. The normalized spacial score (nSPS) is 16.0. The van der Waals surface area contributed by atoms with Crippen molar-refractivity contribution in [2.75, 3.05) is 29.9 Å². The lowest BCUT2D eigenvalue weighted by atomic mass is 9.97. The van der Waals surface area contributed by atoms with Gasteiger partial charge in [0.05, 0.1) is 0 Å². The number of benzene rings is 1. The molecule has 3 rings (SSSR count). The molecule has 2 aromatic rings. The van der Waals surface area contributed by atoms with Crippen LogP contribution < -0.4 is 16.0 Å². The summed E-state index contributed by atoms with van der Waals surface area (Å²) < 4.78 is 40.2. The van der Waals surface area contributed by atoms with E-state index in [1.165, 1.54) is 0 Å². The molecule has 1 aliphatic rings. The summed E-state index contributed by atoms with van der Waals surface area (Å²) in [6.07, 6.45) is -2.21. The fourth-order valence-electron chi connectivity index (χ4n) is 2.95. The molecule has 0 spiro atoms. The Balaban J connectivity index is 1.89. The largest absolute Gasteiger partial charge is 0.421 e. The zero-order chi connectivity index (χ0) is 18.7. The van der Waals surface area contributed by atoms with Crippen molar-refractivity contribution >= 4 is 29.1 Å². The predicted octanol–water partition coefficient (Wildman–Crippen LogP) is 4.07. The third-order valence-electron chi connectivity index (χ3n) is 4.40. The summed E-state index contributed by atoms with van der Waals surface area (Å²) in [4.78, 5) is 9.63. The fourth-order valence-corrected chi connectivity index (χ4v) is 3.14. The number of nitrogens with one attached hydrogen (secondary N) is 1. The third kappa shape index (κ3) is 4.37. The van der Waals surface area contributed by atoms with Gasteiger partial charge in [-0.1, -0.05) is 17.7 Å². The van der Waals surface area contributed by atoms with E-state index < -0.39 is 11.7 Å². The Bertz CT molecular complexity index is 760. The first-order valence-electron chi connectivity index (χ1n) is 8.28. The number of nitrogens with zero attached hydrogens (tertiary/aromatic N) is 3. The first-order chi connectivity index (χ1) is 12.4. The van der Waals surface area contributed by atoms with Crippen molar-refractivity contribution in [3.05, 3.63) is 41.0 Å². The molecule has 0 amide bonds. The molecule has 26 heavy (non-hydrogen) atoms. The van der Waals surface area contributed by atoms with Crippen molar-refractivity contribution < 1.29 is 13.2 Å². The predicted molar refractivity (Wildman–Crippen MR) is 95.8 cm³/mol. The van der Waals surface area contributed by atoms with Gasteiger partial charge in [0.25, 0.3) is 0 Å². The van der Waals surface area contributed by atoms with Crippen LogP contribution >= 0.6 is 11.6 Å². The van der Waals surface area contributed by atoms with Crippen LogP contribution in [0, 0.1) is 5.92 Å². The van der Waals surface area contributed by atoms with Crippen LogP contribution in [0.2, 0.25) is 5.02 Å². The molecule has 0 radical (unpaired) electrons. The lowest BCUT2D eigenvalue weighted by molar-refractivity contribution is -0.137. The molecule has 2 heterocycles. The van der Waals surface area contributed by atoms with Gasteiger partial charge < -0.3 is 16.0 Å². The number of nitrogens with two attached hydrogens (primary N) is 1. The molecule has 0 aliphatic carbocycles. The smallest absolute Gasteiger partial charge is 0.356 e. The lowest BCUT2D eigenvalue weighted by Gasteiger charge is -2.33. The molecular formula is C17H19ClF3N5. The van der Waals surface area contributed by atoms with Gasteiger partial charge >= 0.3 is 6.18 Å². The average Bonchev–Trinajstić information content (AvgIpc) is 2.61. The van der Waals surface area contributed by atoms with Crippen LogP contribution in [-0.4, -0.2) is 29.6 Å². The molecule has 0 saturated carbocycles. The number of piperidine rings is 1. The third-order valence-corrected chi connectivity index (χ3v) is 4.64. The number of hydrogen-bond acceptors (Lipinski definition) is 5. The summed E-state index contributed by atoms with van der Waals surface area (Å²) in [5.41, 5.74) is 5.43. The molecule has 0 bridgehead atoms. The number of hydrogen-bond donors (Lipinski definition) is 2. The summed E-state index contributed by atoms with van der Waals surface area (Å²) in [6.45, 7) is 1.52. The molecule has 5 nitrogen and oxygen atoms in total. The van der Waals surface area contributed by atoms with E-state index >= 15 is 0 Å². The molecule has 1 fully saturated rings. The van der Waals surface area contributed by atoms with Crippen LogP contribution in [0.15, 0.2) is 30.5 Å². The second-order valence-corrected chi connectivity index (χ2v) is 6.67. The van der Waals surface area contributed by atoms with Gasteiger partial charge in [0.15, 0.2) is 0 Å². The number of halogens is 4. The molecule has 9 heteroatoms. The Morgan fingerprint density at radius 3 is 2.62 bits per heavy atom. The summed E-state index contributed by atoms with van der Waals surface area (Å²) in [6, 6.07) is 6.81. The van der Waals surface area contributed by atoms with Gasteiger partial charge in [0.2, 0.25) is 5.95 Å². The molecule has 1 saturated heterocycles. The minimum absolute atomic E-state index is 0.0937. The Kier molecular flexibility index (Phi) is 5.52. The topological polar surface area (TPSA) is 67.1 Å². The van der Waals surface area contributed by atoms with Crippen molar-refractivity contribution in [3.8, 4) is 0 Å². The Hall–Kier alpha value is -2.06. The highest BCUT2D eigenvalue weighted by molar-refractivity contribution is 6.30. The van der Waals surface area contributed by atoms with Crippen molar-refractivity contribution in [1.29, 1.82) is 0 Å². The number of anilines is 3. The second-order valence-electron chi connectivity index (χ2n) is 6.23. The van der Waals surface area contributed by atoms with Crippen molar-refractivity contribution in [1.82, 2.24) is 9.97 Å². The van der Waals surface area contributed by atoms with E-state index in [2.05, 4.69) is 15.3 Å². The van der Waals surface area contributed by atoms with E-state index in [-0.39, 0.29) is 11.8 Å². The van der Waals surface area contributed by atoms with Crippen LogP contribution in [0.3, 0.4) is 0 Å². The van der Waals surface area contributed by atoms with Crippen LogP contribution in [0.1, 0.15) is 18.4 Å². The minimum atomic E-state index is -4.52. The fraction of sp³-hybridized carbons (Fsp3) is 0.412. The van der Waals surface area contributed by atoms with Gasteiger partial charge in [-0.25, -0.2) is 4.98 Å². The maximum atomic E-state index is 13.4. The standard InChI is InChI=1S/C17H19ClF3N5/c18-12-2-1-3-13(8-12)24-16-23-10-14(17(19,20)21)15(25-16)26-6-4-11(9-22)5-7-26/h1-3,8,10-11H,4-7,9,22H2,(H,23,24,25). The zero-order valence-corrected chi connectivity index (χ0v) is 14.7. The van der Waals surface area contributed by atoms with Crippen LogP contribution in [0.25, 0.3) is 0 Å². The van der Waals surface area contributed by atoms with E-state index in [0.717, 1.165) is 19.0 Å². The van der Waals surface area contributed by atoms with E-state index in [1.807, 2.05) is 0 Å². The van der Waals surface area contributed by atoms with Crippen molar-refractivity contribution in [2.45, 2.75) is 19.0 Å². The zero-order valence-electron chi connectivity index (χ0n) is 13.9. The maximum Gasteiger partial charge on any atom is 0.421 e. The van der Waals surface area contributed by atoms with Gasteiger partial charge in [-0.2, -0.15) is 18.2 Å². The van der Waals surface area contributed by atoms with E-state index in [9.17, 15) is 13.2 Å². The molecule has 0 unspecified atom stereocenters. The Labute approximate surface area is 154 Å². The molecule has 140 valence electrons. The first kappa shape index (κ1) is 18.7. The molecular weight excluding hydrogens is 367 g/mol. The second kappa shape index (κ2) is 7.67. The number of alkyl halides is 3. The molecule has 1 aliphatic heterocycles. The quantitative estimate of drug-likeness (QED) is 0.830. The van der Waals surface area contributed by atoms with Gasteiger partial charge in [-0.3, -0.25) is 0 Å². The molecule has 1 aromatic heterocycles. The van der Waals surface area contributed by atoms with Crippen LogP contribution in [0.4, 0.5) is 30.6 Å².